The first-order chi connectivity index (χ1) is 9.83. The molecular formula is C16H10N4. The number of hydrogen-bond donors (Lipinski definition) is 0. The minimum atomic E-state index is 0.675. The lowest BCUT2D eigenvalue weighted by atomic mass is 9.79. The molecule has 0 heterocycles. The topological polar surface area (TPSA) is 72.3 Å². The first-order valence-electron chi connectivity index (χ1n) is 6.24. The zero-order chi connectivity index (χ0) is 13.9. The van der Waals surface area contributed by atoms with Gasteiger partial charge in [-0.2, -0.15) is 20.5 Å². The predicted molar refractivity (Wildman–Crippen MR) is 76.1 cm³/mol. The molecule has 1 aromatic carbocycles. The summed E-state index contributed by atoms with van der Waals surface area (Å²) in [5, 5.41) is 17.6. The van der Waals surface area contributed by atoms with Gasteiger partial charge in [-0.25, -0.2) is 0 Å². The first-order valence-corrected chi connectivity index (χ1v) is 6.24. The van der Waals surface area contributed by atoms with E-state index in [1.807, 2.05) is 24.5 Å². The number of aliphatic imine (C=N–C) groups is 2. The van der Waals surface area contributed by atoms with E-state index < -0.39 is 0 Å². The molecule has 0 atom stereocenters. The Labute approximate surface area is 116 Å². The molecule has 0 saturated carbocycles. The lowest BCUT2D eigenvalue weighted by molar-refractivity contribution is 1.03. The van der Waals surface area contributed by atoms with Crippen LogP contribution in [0, 0.1) is 22.9 Å². The number of nitriles is 2. The van der Waals surface area contributed by atoms with Crippen molar-refractivity contribution in [2.45, 2.75) is 12.8 Å². The van der Waals surface area contributed by atoms with Crippen molar-refractivity contribution >= 4 is 11.4 Å². The average molecular weight is 258 g/mol. The van der Waals surface area contributed by atoms with E-state index in [0.29, 0.717) is 11.4 Å². The maximum absolute atomic E-state index is 8.80. The van der Waals surface area contributed by atoms with Gasteiger partial charge in [0.25, 0.3) is 0 Å². The van der Waals surface area contributed by atoms with Gasteiger partial charge in [-0.15, -0.1) is 0 Å². The maximum atomic E-state index is 8.80. The van der Waals surface area contributed by atoms with Crippen LogP contribution in [0.15, 0.2) is 57.5 Å². The molecule has 4 heteroatoms. The number of benzene rings is 1. The smallest absolute Gasteiger partial charge is 0.173 e. The van der Waals surface area contributed by atoms with Crippen molar-refractivity contribution in [1.82, 2.24) is 0 Å². The van der Waals surface area contributed by atoms with Gasteiger partial charge >= 0.3 is 0 Å². The van der Waals surface area contributed by atoms with Crippen LogP contribution < -0.4 is 0 Å². The molecular weight excluding hydrogens is 248 g/mol. The van der Waals surface area contributed by atoms with Crippen LogP contribution in [0.5, 0.6) is 0 Å². The molecule has 2 aliphatic carbocycles. The minimum absolute atomic E-state index is 0.675. The van der Waals surface area contributed by atoms with Crippen molar-refractivity contribution in [3.05, 3.63) is 58.7 Å². The third kappa shape index (κ3) is 1.94. The molecule has 0 spiro atoms. The Morgan fingerprint density at radius 1 is 0.800 bits per heavy atom. The van der Waals surface area contributed by atoms with E-state index in [1.54, 1.807) is 12.2 Å². The van der Waals surface area contributed by atoms with Gasteiger partial charge in [0, 0.05) is 12.8 Å². The van der Waals surface area contributed by atoms with Crippen molar-refractivity contribution in [1.29, 1.82) is 10.5 Å². The molecule has 3 rings (SSSR count). The minimum Gasteiger partial charge on any atom is -0.173 e. The zero-order valence-electron chi connectivity index (χ0n) is 10.7. The third-order valence-corrected chi connectivity index (χ3v) is 3.58. The molecule has 0 saturated heterocycles. The maximum Gasteiger partial charge on any atom is 0.206 e. The van der Waals surface area contributed by atoms with Gasteiger partial charge in [0.15, 0.2) is 0 Å². The summed E-state index contributed by atoms with van der Waals surface area (Å²) in [5.74, 6) is 0. The SMILES string of the molecule is N#CN=C1C=CC(=NC#N)C2=C1Cc1ccccc1C2. The molecule has 0 bridgehead atoms. The summed E-state index contributed by atoms with van der Waals surface area (Å²) in [6, 6.07) is 8.19. The Balaban J connectivity index is 2.14. The Morgan fingerprint density at radius 3 is 1.65 bits per heavy atom. The van der Waals surface area contributed by atoms with Crippen LogP contribution in [-0.2, 0) is 12.8 Å². The van der Waals surface area contributed by atoms with Crippen LogP contribution in [0.3, 0.4) is 0 Å². The summed E-state index contributed by atoms with van der Waals surface area (Å²) in [5.41, 5.74) is 5.83. The van der Waals surface area contributed by atoms with Crippen molar-refractivity contribution in [3.63, 3.8) is 0 Å². The molecule has 4 nitrogen and oxygen atoms in total. The van der Waals surface area contributed by atoms with Gasteiger partial charge in [0.2, 0.25) is 12.4 Å². The first kappa shape index (κ1) is 12.1. The highest BCUT2D eigenvalue weighted by Crippen LogP contribution is 2.30. The van der Waals surface area contributed by atoms with Crippen molar-refractivity contribution in [2.24, 2.45) is 9.98 Å². The normalized spacial score (nSPS) is 20.3. The van der Waals surface area contributed by atoms with Crippen LogP contribution in [0.25, 0.3) is 0 Å². The second-order valence-electron chi connectivity index (χ2n) is 4.61. The molecule has 1 aromatic rings. The quantitative estimate of drug-likeness (QED) is 0.529. The van der Waals surface area contributed by atoms with Crippen LogP contribution in [0.1, 0.15) is 11.1 Å². The second-order valence-corrected chi connectivity index (χ2v) is 4.61. The molecule has 94 valence electrons. The molecule has 20 heavy (non-hydrogen) atoms. The highest BCUT2D eigenvalue weighted by atomic mass is 14.8. The number of rotatable bonds is 0. The van der Waals surface area contributed by atoms with E-state index in [9.17, 15) is 0 Å². The van der Waals surface area contributed by atoms with Crippen LogP contribution in [0.4, 0.5) is 0 Å². The molecule has 0 N–H and O–H groups in total. The lowest BCUT2D eigenvalue weighted by Gasteiger charge is -2.25. The van der Waals surface area contributed by atoms with Gasteiger partial charge < -0.3 is 0 Å². The number of allylic oxidation sites excluding steroid dienone is 4. The number of hydrogen-bond acceptors (Lipinski definition) is 4. The summed E-state index contributed by atoms with van der Waals surface area (Å²) in [7, 11) is 0. The third-order valence-electron chi connectivity index (χ3n) is 3.58. The van der Waals surface area contributed by atoms with Crippen LogP contribution in [0.2, 0.25) is 0 Å². The average Bonchev–Trinajstić information content (AvgIpc) is 2.48. The second kappa shape index (κ2) is 4.95. The monoisotopic (exact) mass is 258 g/mol. The van der Waals surface area contributed by atoms with E-state index in [0.717, 1.165) is 24.0 Å². The van der Waals surface area contributed by atoms with Gasteiger partial charge in [-0.1, -0.05) is 24.3 Å². The van der Waals surface area contributed by atoms with Crippen LogP contribution >= 0.6 is 0 Å². The molecule has 0 amide bonds. The molecule has 0 radical (unpaired) electrons. The molecule has 0 fully saturated rings. The molecule has 0 unspecified atom stereocenters. The van der Waals surface area contributed by atoms with Gasteiger partial charge in [-0.3, -0.25) is 0 Å². The fraction of sp³-hybridized carbons (Fsp3) is 0.125. The van der Waals surface area contributed by atoms with Gasteiger partial charge in [0.05, 0.1) is 11.4 Å². The molecule has 2 aliphatic rings. The Hall–Kier alpha value is -2.98. The highest BCUT2D eigenvalue weighted by molar-refractivity contribution is 6.24. The lowest BCUT2D eigenvalue weighted by Crippen LogP contribution is -2.22. The molecule has 0 aromatic heterocycles. The highest BCUT2D eigenvalue weighted by Gasteiger charge is 2.25. The van der Waals surface area contributed by atoms with E-state index in [-0.39, 0.29) is 0 Å². The van der Waals surface area contributed by atoms with Gasteiger partial charge in [-0.05, 0) is 34.4 Å². The number of nitrogens with zero attached hydrogens (tertiary/aromatic N) is 4. The van der Waals surface area contributed by atoms with Crippen molar-refractivity contribution in [2.75, 3.05) is 0 Å². The van der Waals surface area contributed by atoms with E-state index in [4.69, 9.17) is 10.5 Å². The van der Waals surface area contributed by atoms with Crippen molar-refractivity contribution in [3.8, 4) is 12.4 Å². The summed E-state index contributed by atoms with van der Waals surface area (Å²) in [4.78, 5) is 7.75. The fourth-order valence-corrected chi connectivity index (χ4v) is 2.66. The standard InChI is InChI=1S/C16H10N4/c17-9-19-15-5-6-16(20-10-18)14-8-12-4-2-1-3-11(12)7-13(14)15/h1-6H,7-8H2. The largest absolute Gasteiger partial charge is 0.206 e. The predicted octanol–water partition coefficient (Wildman–Crippen LogP) is 2.50. The Kier molecular flexibility index (Phi) is 2.99. The number of fused-ring (bicyclic) bond motifs is 1. The summed E-state index contributed by atoms with van der Waals surface area (Å²) >= 11 is 0. The Bertz CT molecular complexity index is 714. The summed E-state index contributed by atoms with van der Waals surface area (Å²) in [6.07, 6.45) is 8.64. The summed E-state index contributed by atoms with van der Waals surface area (Å²) in [6.45, 7) is 0. The van der Waals surface area contributed by atoms with E-state index in [2.05, 4.69) is 22.1 Å². The fourth-order valence-electron chi connectivity index (χ4n) is 2.66. The van der Waals surface area contributed by atoms with Crippen molar-refractivity contribution < 1.29 is 0 Å². The zero-order valence-corrected chi connectivity index (χ0v) is 10.7. The molecule has 0 aliphatic heterocycles. The van der Waals surface area contributed by atoms with Gasteiger partial charge in [0.1, 0.15) is 0 Å². The van der Waals surface area contributed by atoms with E-state index in [1.165, 1.54) is 11.1 Å². The Morgan fingerprint density at radius 2 is 1.25 bits per heavy atom. The van der Waals surface area contributed by atoms with Crippen LogP contribution in [-0.4, -0.2) is 11.4 Å². The summed E-state index contributed by atoms with van der Waals surface area (Å²) < 4.78 is 0. The van der Waals surface area contributed by atoms with E-state index >= 15 is 0 Å².